The van der Waals surface area contributed by atoms with E-state index in [0.717, 1.165) is 19.4 Å². The molecule has 0 heterocycles. The van der Waals surface area contributed by atoms with Crippen LogP contribution < -0.4 is 21.7 Å². The molecule has 90 valence electrons. The fraction of sp³-hybridized carbons (Fsp3) is 0.900. The molecule has 0 unspecified atom stereocenters. The Labute approximate surface area is 92.2 Å². The molecule has 0 saturated heterocycles. The van der Waals surface area contributed by atoms with Gasteiger partial charge in [0.05, 0.1) is 0 Å². The van der Waals surface area contributed by atoms with Gasteiger partial charge in [0.15, 0.2) is 0 Å². The van der Waals surface area contributed by atoms with Crippen molar-refractivity contribution in [3.63, 3.8) is 0 Å². The van der Waals surface area contributed by atoms with Gasteiger partial charge in [0, 0.05) is 25.6 Å². The Morgan fingerprint density at radius 3 is 2.60 bits per heavy atom. The highest BCUT2D eigenvalue weighted by molar-refractivity contribution is 5.76. The van der Waals surface area contributed by atoms with Crippen LogP contribution in [0.25, 0.3) is 0 Å². The minimum atomic E-state index is 0.0987. The Morgan fingerprint density at radius 2 is 2.07 bits per heavy atom. The molecule has 5 nitrogen and oxygen atoms in total. The lowest BCUT2D eigenvalue weighted by Gasteiger charge is -2.15. The Hall–Kier alpha value is -0.650. The molecule has 0 bridgehead atoms. The maximum atomic E-state index is 11.4. The van der Waals surface area contributed by atoms with Crippen molar-refractivity contribution in [2.75, 3.05) is 33.7 Å². The van der Waals surface area contributed by atoms with Crippen LogP contribution in [-0.4, -0.2) is 45.7 Å². The molecule has 0 spiro atoms. The van der Waals surface area contributed by atoms with Crippen molar-refractivity contribution in [1.29, 1.82) is 0 Å². The summed E-state index contributed by atoms with van der Waals surface area (Å²) in [6, 6.07) is 0.239. The minimum absolute atomic E-state index is 0.0987. The second-order valence-electron chi connectivity index (χ2n) is 3.57. The van der Waals surface area contributed by atoms with Crippen LogP contribution in [0.2, 0.25) is 0 Å². The van der Waals surface area contributed by atoms with Crippen molar-refractivity contribution in [3.8, 4) is 0 Å². The lowest BCUT2D eigenvalue weighted by atomic mass is 10.1. The van der Waals surface area contributed by atoms with E-state index < -0.39 is 0 Å². The summed E-state index contributed by atoms with van der Waals surface area (Å²) in [5.41, 5.74) is 5.42. The van der Waals surface area contributed by atoms with E-state index in [1.54, 1.807) is 0 Å². The molecule has 5 heteroatoms. The fourth-order valence-corrected chi connectivity index (χ4v) is 1.34. The number of nitrogens with two attached hydrogens (primary N) is 1. The highest BCUT2D eigenvalue weighted by atomic mass is 16.1. The fourth-order valence-electron chi connectivity index (χ4n) is 1.34. The van der Waals surface area contributed by atoms with Gasteiger partial charge in [0.1, 0.15) is 0 Å². The molecule has 1 amide bonds. The number of carbonyl (C=O) groups excluding carboxylic acids is 1. The second kappa shape index (κ2) is 9.89. The molecule has 0 aromatic carbocycles. The molecule has 0 rings (SSSR count). The second-order valence-corrected chi connectivity index (χ2v) is 3.57. The van der Waals surface area contributed by atoms with Crippen LogP contribution in [0.15, 0.2) is 0 Å². The lowest BCUT2D eigenvalue weighted by Crippen LogP contribution is -2.36. The first-order valence-electron chi connectivity index (χ1n) is 5.53. The van der Waals surface area contributed by atoms with Gasteiger partial charge in [-0.2, -0.15) is 0 Å². The first kappa shape index (κ1) is 14.3. The standard InChI is InChI=1S/C10H24N4O/c1-12-6-7-14-10(15)8-9(13-2)4-3-5-11/h9,12-13H,3-8,11H2,1-2H3,(H,14,15)/t9-/m0/s1. The monoisotopic (exact) mass is 216 g/mol. The third-order valence-electron chi connectivity index (χ3n) is 2.29. The molecule has 0 radical (unpaired) electrons. The van der Waals surface area contributed by atoms with Crippen molar-refractivity contribution in [2.45, 2.75) is 25.3 Å². The quantitative estimate of drug-likeness (QED) is 0.374. The first-order chi connectivity index (χ1) is 7.24. The van der Waals surface area contributed by atoms with Crippen LogP contribution in [0.4, 0.5) is 0 Å². The molecular formula is C10H24N4O. The summed E-state index contributed by atoms with van der Waals surface area (Å²) in [7, 11) is 3.74. The summed E-state index contributed by atoms with van der Waals surface area (Å²) in [6.45, 7) is 2.17. The summed E-state index contributed by atoms with van der Waals surface area (Å²) in [6.07, 6.45) is 2.43. The number of rotatable bonds is 9. The van der Waals surface area contributed by atoms with Gasteiger partial charge in [-0.25, -0.2) is 0 Å². The van der Waals surface area contributed by atoms with E-state index in [4.69, 9.17) is 5.73 Å². The maximum Gasteiger partial charge on any atom is 0.221 e. The zero-order valence-electron chi connectivity index (χ0n) is 9.81. The SMILES string of the molecule is CNCCNC(=O)C[C@H](CCCN)NC. The molecule has 0 saturated carbocycles. The van der Waals surface area contributed by atoms with Crippen LogP contribution in [0.5, 0.6) is 0 Å². The molecule has 0 aromatic rings. The molecule has 0 fully saturated rings. The number of nitrogens with one attached hydrogen (secondary N) is 3. The van der Waals surface area contributed by atoms with E-state index in [2.05, 4.69) is 16.0 Å². The van der Waals surface area contributed by atoms with E-state index in [0.29, 0.717) is 19.5 Å². The van der Waals surface area contributed by atoms with Crippen molar-refractivity contribution < 1.29 is 4.79 Å². The van der Waals surface area contributed by atoms with Crippen LogP contribution in [-0.2, 0) is 4.79 Å². The van der Waals surface area contributed by atoms with Crippen molar-refractivity contribution >= 4 is 5.91 Å². The molecule has 0 aliphatic carbocycles. The zero-order valence-corrected chi connectivity index (χ0v) is 9.81. The molecule has 1 atom stereocenters. The highest BCUT2D eigenvalue weighted by Crippen LogP contribution is 2.00. The van der Waals surface area contributed by atoms with Crippen LogP contribution in [0.1, 0.15) is 19.3 Å². The van der Waals surface area contributed by atoms with E-state index in [-0.39, 0.29) is 11.9 Å². The Morgan fingerprint density at radius 1 is 1.33 bits per heavy atom. The highest BCUT2D eigenvalue weighted by Gasteiger charge is 2.10. The van der Waals surface area contributed by atoms with Gasteiger partial charge < -0.3 is 21.7 Å². The molecule has 15 heavy (non-hydrogen) atoms. The zero-order chi connectivity index (χ0) is 11.5. The summed E-state index contributed by atoms with van der Waals surface area (Å²) < 4.78 is 0. The normalized spacial score (nSPS) is 12.5. The number of hydrogen-bond acceptors (Lipinski definition) is 4. The van der Waals surface area contributed by atoms with Gasteiger partial charge in [0.2, 0.25) is 5.91 Å². The number of carbonyl (C=O) groups is 1. The van der Waals surface area contributed by atoms with E-state index in [1.807, 2.05) is 14.1 Å². The Bertz CT molecular complexity index is 164. The van der Waals surface area contributed by atoms with Crippen molar-refractivity contribution in [2.24, 2.45) is 5.73 Å². The average molecular weight is 216 g/mol. The Kier molecular flexibility index (Phi) is 9.46. The topological polar surface area (TPSA) is 79.2 Å². The predicted molar refractivity (Wildman–Crippen MR) is 62.7 cm³/mol. The van der Waals surface area contributed by atoms with Crippen molar-refractivity contribution in [1.82, 2.24) is 16.0 Å². The van der Waals surface area contributed by atoms with Gasteiger partial charge >= 0.3 is 0 Å². The minimum Gasteiger partial charge on any atom is -0.355 e. The first-order valence-corrected chi connectivity index (χ1v) is 5.53. The molecule has 0 aromatic heterocycles. The van der Waals surface area contributed by atoms with Gasteiger partial charge in [-0.05, 0) is 33.5 Å². The Balaban J connectivity index is 3.60. The largest absolute Gasteiger partial charge is 0.355 e. The third kappa shape index (κ3) is 8.35. The number of hydrogen-bond donors (Lipinski definition) is 4. The van der Waals surface area contributed by atoms with Gasteiger partial charge in [0.25, 0.3) is 0 Å². The average Bonchev–Trinajstić information content (AvgIpc) is 2.24. The molecule has 0 aliphatic heterocycles. The molecule has 0 aliphatic rings. The van der Waals surface area contributed by atoms with Gasteiger partial charge in [-0.1, -0.05) is 0 Å². The van der Waals surface area contributed by atoms with E-state index in [1.165, 1.54) is 0 Å². The summed E-state index contributed by atoms with van der Waals surface area (Å²) in [5.74, 6) is 0.0987. The summed E-state index contributed by atoms with van der Waals surface area (Å²) in [5, 5.41) is 8.96. The number of amides is 1. The lowest BCUT2D eigenvalue weighted by molar-refractivity contribution is -0.121. The van der Waals surface area contributed by atoms with E-state index >= 15 is 0 Å². The van der Waals surface area contributed by atoms with Crippen LogP contribution in [0.3, 0.4) is 0 Å². The maximum absolute atomic E-state index is 11.4. The number of likely N-dealkylation sites (N-methyl/N-ethyl adjacent to an activating group) is 1. The summed E-state index contributed by atoms with van der Waals surface area (Å²) >= 11 is 0. The predicted octanol–water partition coefficient (Wildman–Crippen LogP) is -0.961. The van der Waals surface area contributed by atoms with E-state index in [9.17, 15) is 4.79 Å². The smallest absolute Gasteiger partial charge is 0.221 e. The van der Waals surface area contributed by atoms with Crippen LogP contribution >= 0.6 is 0 Å². The molecular weight excluding hydrogens is 192 g/mol. The third-order valence-corrected chi connectivity index (χ3v) is 2.29. The van der Waals surface area contributed by atoms with Crippen molar-refractivity contribution in [3.05, 3.63) is 0 Å². The molecule has 5 N–H and O–H groups in total. The van der Waals surface area contributed by atoms with Gasteiger partial charge in [-0.15, -0.1) is 0 Å². The summed E-state index contributed by atoms with van der Waals surface area (Å²) in [4.78, 5) is 11.4. The van der Waals surface area contributed by atoms with Crippen LogP contribution in [0, 0.1) is 0 Å². The van der Waals surface area contributed by atoms with Gasteiger partial charge in [-0.3, -0.25) is 4.79 Å².